The molecule has 0 aliphatic carbocycles. The molecule has 2 N–H and O–H groups in total. The second kappa shape index (κ2) is 9.78. The van der Waals surface area contributed by atoms with Gasteiger partial charge in [0.15, 0.2) is 5.37 Å². The van der Waals surface area contributed by atoms with Crippen LogP contribution >= 0.6 is 11.8 Å². The van der Waals surface area contributed by atoms with Crippen LogP contribution in [0.15, 0.2) is 53.1 Å². The first-order chi connectivity index (χ1) is 12.0. The number of benzene rings is 1. The Morgan fingerprint density at radius 1 is 1.16 bits per heavy atom. The lowest BCUT2D eigenvalue weighted by Gasteiger charge is -2.19. The lowest BCUT2D eigenvalue weighted by Crippen LogP contribution is -2.45. The van der Waals surface area contributed by atoms with E-state index >= 15 is 0 Å². The van der Waals surface area contributed by atoms with Crippen molar-refractivity contribution in [2.24, 2.45) is 0 Å². The quantitative estimate of drug-likeness (QED) is 0.705. The second-order valence-corrected chi connectivity index (χ2v) is 7.25. The first kappa shape index (κ1) is 18.9. The van der Waals surface area contributed by atoms with Crippen LogP contribution in [0.3, 0.4) is 0 Å². The summed E-state index contributed by atoms with van der Waals surface area (Å²) in [5.74, 6) is 0.347. The number of hydrogen-bond donors (Lipinski definition) is 2. The summed E-state index contributed by atoms with van der Waals surface area (Å²) in [5.41, 5.74) is 0.882. The van der Waals surface area contributed by atoms with Crippen molar-refractivity contribution in [2.45, 2.75) is 37.6 Å². The third-order valence-electron chi connectivity index (χ3n) is 3.13. The average molecular weight is 362 g/mol. The van der Waals surface area contributed by atoms with Gasteiger partial charge in [-0.3, -0.25) is 4.79 Å². The van der Waals surface area contributed by atoms with Crippen LogP contribution < -0.4 is 10.6 Å². The Hall–Kier alpha value is -2.41. The number of thioether (sulfide) groups is 1. The van der Waals surface area contributed by atoms with Crippen molar-refractivity contribution < 1.29 is 18.7 Å². The van der Waals surface area contributed by atoms with E-state index in [2.05, 4.69) is 10.6 Å². The third kappa shape index (κ3) is 6.93. The molecule has 0 aliphatic heterocycles. The maximum absolute atomic E-state index is 12.3. The molecule has 1 unspecified atom stereocenters. The molecular formula is C18H22N2O4S. The Labute approximate surface area is 151 Å². The van der Waals surface area contributed by atoms with Crippen LogP contribution in [0.5, 0.6) is 0 Å². The van der Waals surface area contributed by atoms with E-state index in [-0.39, 0.29) is 24.3 Å². The van der Waals surface area contributed by atoms with Gasteiger partial charge in [-0.05, 0) is 17.7 Å². The van der Waals surface area contributed by atoms with E-state index < -0.39 is 11.5 Å². The van der Waals surface area contributed by atoms with Gasteiger partial charge in [-0.1, -0.05) is 44.2 Å². The van der Waals surface area contributed by atoms with Crippen molar-refractivity contribution in [3.63, 3.8) is 0 Å². The number of amides is 2. The van der Waals surface area contributed by atoms with Crippen LogP contribution in [-0.4, -0.2) is 22.6 Å². The Kier molecular flexibility index (Phi) is 7.40. The normalized spacial score (nSPS) is 11.8. The SMILES string of the molecule is CC(C)SC(NC(=O)OCc1ccccc1)C(=O)NCc1ccco1. The fourth-order valence-electron chi connectivity index (χ4n) is 1.99. The van der Waals surface area contributed by atoms with Gasteiger partial charge in [0.25, 0.3) is 5.91 Å². The molecule has 7 heteroatoms. The van der Waals surface area contributed by atoms with E-state index in [0.717, 1.165) is 5.56 Å². The van der Waals surface area contributed by atoms with Crippen molar-refractivity contribution in [1.82, 2.24) is 10.6 Å². The summed E-state index contributed by atoms with van der Waals surface area (Å²) >= 11 is 1.34. The van der Waals surface area contributed by atoms with Gasteiger partial charge in [-0.25, -0.2) is 4.79 Å². The molecule has 0 saturated carbocycles. The number of alkyl carbamates (subject to hydrolysis) is 1. The number of ether oxygens (including phenoxy) is 1. The average Bonchev–Trinajstić information content (AvgIpc) is 3.11. The van der Waals surface area contributed by atoms with E-state index in [9.17, 15) is 9.59 Å². The number of furan rings is 1. The van der Waals surface area contributed by atoms with Gasteiger partial charge in [0.2, 0.25) is 0 Å². The predicted molar refractivity (Wildman–Crippen MR) is 96.8 cm³/mol. The summed E-state index contributed by atoms with van der Waals surface area (Å²) in [6, 6.07) is 12.9. The topological polar surface area (TPSA) is 80.6 Å². The van der Waals surface area contributed by atoms with Gasteiger partial charge in [0, 0.05) is 5.25 Å². The second-order valence-electron chi connectivity index (χ2n) is 5.57. The van der Waals surface area contributed by atoms with Crippen LogP contribution in [0.25, 0.3) is 0 Å². The molecule has 2 aromatic rings. The van der Waals surface area contributed by atoms with Crippen molar-refractivity contribution >= 4 is 23.8 Å². The number of carbonyl (C=O) groups is 2. The van der Waals surface area contributed by atoms with Gasteiger partial charge in [0.05, 0.1) is 12.8 Å². The molecular weight excluding hydrogens is 340 g/mol. The molecule has 0 spiro atoms. The summed E-state index contributed by atoms with van der Waals surface area (Å²) < 4.78 is 10.4. The third-order valence-corrected chi connectivity index (χ3v) is 4.27. The minimum Gasteiger partial charge on any atom is -0.467 e. The zero-order chi connectivity index (χ0) is 18.1. The zero-order valence-electron chi connectivity index (χ0n) is 14.2. The minimum atomic E-state index is -0.738. The first-order valence-electron chi connectivity index (χ1n) is 7.97. The maximum Gasteiger partial charge on any atom is 0.408 e. The lowest BCUT2D eigenvalue weighted by molar-refractivity contribution is -0.121. The van der Waals surface area contributed by atoms with Gasteiger partial charge in [-0.2, -0.15) is 0 Å². The molecule has 1 aromatic carbocycles. The van der Waals surface area contributed by atoms with E-state index in [4.69, 9.17) is 9.15 Å². The molecule has 0 fully saturated rings. The summed E-state index contributed by atoms with van der Waals surface area (Å²) in [4.78, 5) is 24.3. The molecule has 25 heavy (non-hydrogen) atoms. The number of nitrogens with one attached hydrogen (secondary N) is 2. The van der Waals surface area contributed by atoms with Gasteiger partial charge < -0.3 is 19.8 Å². The first-order valence-corrected chi connectivity index (χ1v) is 8.91. The molecule has 0 radical (unpaired) electrons. The molecule has 2 rings (SSSR count). The molecule has 1 aromatic heterocycles. The van der Waals surface area contributed by atoms with Crippen LogP contribution in [0.4, 0.5) is 4.79 Å². The van der Waals surface area contributed by atoms with Crippen molar-refractivity contribution in [1.29, 1.82) is 0 Å². The van der Waals surface area contributed by atoms with E-state index in [0.29, 0.717) is 5.76 Å². The van der Waals surface area contributed by atoms with E-state index in [1.165, 1.54) is 11.8 Å². The van der Waals surface area contributed by atoms with Crippen molar-refractivity contribution in [3.8, 4) is 0 Å². The van der Waals surface area contributed by atoms with Crippen LogP contribution in [0.1, 0.15) is 25.2 Å². The van der Waals surface area contributed by atoms with E-state index in [1.807, 2.05) is 44.2 Å². The van der Waals surface area contributed by atoms with Crippen LogP contribution in [0.2, 0.25) is 0 Å². The van der Waals surface area contributed by atoms with Gasteiger partial charge >= 0.3 is 6.09 Å². The highest BCUT2D eigenvalue weighted by atomic mass is 32.2. The maximum atomic E-state index is 12.3. The number of rotatable bonds is 8. The van der Waals surface area contributed by atoms with Gasteiger partial charge in [0.1, 0.15) is 12.4 Å². The standard InChI is InChI=1S/C18H22N2O4S/c1-13(2)25-17(16(21)19-11-15-9-6-10-23-15)20-18(22)24-12-14-7-4-3-5-8-14/h3-10,13,17H,11-12H2,1-2H3,(H,19,21)(H,20,22). The zero-order valence-corrected chi connectivity index (χ0v) is 15.0. The Balaban J connectivity index is 1.85. The molecule has 1 atom stereocenters. The summed E-state index contributed by atoms with van der Waals surface area (Å²) in [7, 11) is 0. The van der Waals surface area contributed by atoms with Crippen LogP contribution in [0, 0.1) is 0 Å². The van der Waals surface area contributed by atoms with Gasteiger partial charge in [-0.15, -0.1) is 11.8 Å². The predicted octanol–water partition coefficient (Wildman–Crippen LogP) is 3.29. The number of hydrogen-bond acceptors (Lipinski definition) is 5. The summed E-state index contributed by atoms with van der Waals surface area (Å²) in [5, 5.41) is 4.78. The van der Waals surface area contributed by atoms with Crippen LogP contribution in [-0.2, 0) is 22.7 Å². The monoisotopic (exact) mass is 362 g/mol. The fourth-order valence-corrected chi connectivity index (χ4v) is 2.90. The summed E-state index contributed by atoms with van der Waals surface area (Å²) in [6.07, 6.45) is 0.913. The Bertz CT molecular complexity index is 659. The largest absolute Gasteiger partial charge is 0.467 e. The molecule has 0 bridgehead atoms. The Morgan fingerprint density at radius 3 is 2.56 bits per heavy atom. The van der Waals surface area contributed by atoms with E-state index in [1.54, 1.807) is 18.4 Å². The van der Waals surface area contributed by atoms with Crippen molar-refractivity contribution in [2.75, 3.05) is 0 Å². The molecule has 2 amide bonds. The highest BCUT2D eigenvalue weighted by molar-refractivity contribution is 8.01. The fraction of sp³-hybridized carbons (Fsp3) is 0.333. The molecule has 6 nitrogen and oxygen atoms in total. The smallest absolute Gasteiger partial charge is 0.408 e. The highest BCUT2D eigenvalue weighted by Crippen LogP contribution is 2.16. The highest BCUT2D eigenvalue weighted by Gasteiger charge is 2.23. The molecule has 134 valence electrons. The molecule has 0 aliphatic rings. The molecule has 1 heterocycles. The lowest BCUT2D eigenvalue weighted by atomic mass is 10.2. The van der Waals surface area contributed by atoms with Crippen molar-refractivity contribution in [3.05, 3.63) is 60.1 Å². The Morgan fingerprint density at radius 2 is 1.92 bits per heavy atom. The molecule has 0 saturated heterocycles. The minimum absolute atomic E-state index is 0.153. The summed E-state index contributed by atoms with van der Waals surface area (Å²) in [6.45, 7) is 4.32. The number of carbonyl (C=O) groups excluding carboxylic acids is 2.